The third kappa shape index (κ3) is 2.08. The molecule has 4 bridgehead atoms. The van der Waals surface area contributed by atoms with E-state index >= 15 is 0 Å². The van der Waals surface area contributed by atoms with E-state index in [4.69, 9.17) is 4.42 Å². The van der Waals surface area contributed by atoms with Crippen molar-refractivity contribution in [2.24, 2.45) is 17.8 Å². The largest absolute Gasteiger partial charge is 0.444 e. The number of allylic oxidation sites excluding steroid dienone is 2. The molecule has 2 atom stereocenters. The fraction of sp³-hybridized carbons (Fsp3) is 0.533. The monoisotopic (exact) mass is 336 g/mol. The molecule has 0 saturated heterocycles. The van der Waals surface area contributed by atoms with Crippen molar-refractivity contribution in [2.75, 3.05) is 0 Å². The highest BCUT2D eigenvalue weighted by Gasteiger charge is 2.41. The Labute approximate surface area is 126 Å². The number of nitrogens with one attached hydrogen (secondary N) is 2. The van der Waals surface area contributed by atoms with E-state index in [9.17, 15) is 4.79 Å². The zero-order valence-corrected chi connectivity index (χ0v) is 12.7. The molecule has 20 heavy (non-hydrogen) atoms. The van der Waals surface area contributed by atoms with Crippen molar-refractivity contribution in [3.63, 3.8) is 0 Å². The molecule has 2 unspecified atom stereocenters. The topological polar surface area (TPSA) is 54.3 Å². The maximum atomic E-state index is 12.0. The van der Waals surface area contributed by atoms with Crippen LogP contribution >= 0.6 is 15.9 Å². The summed E-state index contributed by atoms with van der Waals surface area (Å²) in [6, 6.07) is 3.38. The smallest absolute Gasteiger partial charge is 0.305 e. The summed E-state index contributed by atoms with van der Waals surface area (Å²) in [6.07, 6.45) is 6.42. The van der Waals surface area contributed by atoms with Gasteiger partial charge < -0.3 is 9.84 Å². The summed E-state index contributed by atoms with van der Waals surface area (Å²) < 4.78 is 5.82. The number of hydrogen-bond acceptors (Lipinski definition) is 3. The molecule has 1 amide bonds. The highest BCUT2D eigenvalue weighted by atomic mass is 79.9. The lowest BCUT2D eigenvalue weighted by molar-refractivity contribution is 0.0896. The Morgan fingerprint density at radius 3 is 2.55 bits per heavy atom. The zero-order valence-electron chi connectivity index (χ0n) is 11.1. The maximum Gasteiger partial charge on any atom is 0.305 e. The van der Waals surface area contributed by atoms with Crippen LogP contribution in [0.4, 0.5) is 0 Å². The van der Waals surface area contributed by atoms with Crippen LogP contribution in [0.25, 0.3) is 0 Å². The molecule has 1 heterocycles. The van der Waals surface area contributed by atoms with E-state index < -0.39 is 0 Å². The molecule has 106 valence electrons. The number of carbonyl (C=O) groups is 1. The van der Waals surface area contributed by atoms with Crippen molar-refractivity contribution in [1.29, 1.82) is 0 Å². The van der Waals surface area contributed by atoms with Gasteiger partial charge in [0.25, 0.3) is 0 Å². The Balaban J connectivity index is 1.46. The predicted molar refractivity (Wildman–Crippen MR) is 77.6 cm³/mol. The molecule has 4 aliphatic carbocycles. The van der Waals surface area contributed by atoms with Gasteiger partial charge in [0.2, 0.25) is 0 Å². The first-order valence-corrected chi connectivity index (χ1v) is 8.02. The van der Waals surface area contributed by atoms with Crippen LogP contribution in [0.2, 0.25) is 0 Å². The van der Waals surface area contributed by atoms with Gasteiger partial charge in [-0.25, -0.2) is 0 Å². The number of rotatable bonds is 3. The first-order chi connectivity index (χ1) is 9.69. The maximum absolute atomic E-state index is 12.0. The number of furan rings is 1. The average molecular weight is 337 g/mol. The van der Waals surface area contributed by atoms with E-state index in [2.05, 4.69) is 26.8 Å². The molecular weight excluding hydrogens is 320 g/mol. The van der Waals surface area contributed by atoms with E-state index in [-0.39, 0.29) is 5.91 Å². The van der Waals surface area contributed by atoms with Crippen LogP contribution < -0.4 is 10.9 Å². The lowest BCUT2D eigenvalue weighted by Crippen LogP contribution is -2.45. The molecule has 5 rings (SSSR count). The summed E-state index contributed by atoms with van der Waals surface area (Å²) in [5, 5.41) is 0. The van der Waals surface area contributed by atoms with E-state index in [0.717, 1.165) is 11.8 Å². The van der Waals surface area contributed by atoms with Gasteiger partial charge >= 0.3 is 5.91 Å². The summed E-state index contributed by atoms with van der Waals surface area (Å²) in [6.45, 7) is 0. The van der Waals surface area contributed by atoms with Crippen LogP contribution in [0.5, 0.6) is 0 Å². The van der Waals surface area contributed by atoms with Gasteiger partial charge in [-0.2, -0.15) is 0 Å². The Hall–Kier alpha value is -1.23. The van der Waals surface area contributed by atoms with Gasteiger partial charge in [-0.15, -0.1) is 0 Å². The minimum absolute atomic E-state index is 0.224. The van der Waals surface area contributed by atoms with Crippen LogP contribution in [0.15, 0.2) is 32.5 Å². The molecule has 4 aliphatic rings. The third-order valence-corrected chi connectivity index (χ3v) is 5.30. The highest BCUT2D eigenvalue weighted by Crippen LogP contribution is 2.52. The molecule has 5 heteroatoms. The van der Waals surface area contributed by atoms with Gasteiger partial charge in [-0.1, -0.05) is 0 Å². The van der Waals surface area contributed by atoms with E-state index in [1.54, 1.807) is 12.1 Å². The SMILES string of the molecule is O=C(NNC1=C2CC3CC(C2)CC1C3)c1ccc(Br)o1. The Kier molecular flexibility index (Phi) is 2.91. The molecular formula is C15H17BrN2O2. The fourth-order valence-electron chi connectivity index (χ4n) is 4.24. The molecule has 2 fully saturated rings. The van der Waals surface area contributed by atoms with Gasteiger partial charge in [-0.3, -0.25) is 10.2 Å². The van der Waals surface area contributed by atoms with Crippen molar-refractivity contribution < 1.29 is 9.21 Å². The van der Waals surface area contributed by atoms with Gasteiger partial charge in [0.05, 0.1) is 0 Å². The lowest BCUT2D eigenvalue weighted by atomic mass is 9.60. The minimum atomic E-state index is -0.224. The average Bonchev–Trinajstić information content (AvgIpc) is 2.83. The van der Waals surface area contributed by atoms with Crippen LogP contribution in [-0.4, -0.2) is 5.91 Å². The molecule has 2 saturated carbocycles. The summed E-state index contributed by atoms with van der Waals surface area (Å²) in [5.41, 5.74) is 8.77. The number of hydrogen-bond donors (Lipinski definition) is 2. The summed E-state index contributed by atoms with van der Waals surface area (Å²) >= 11 is 3.20. The number of amides is 1. The molecule has 1 aromatic rings. The van der Waals surface area contributed by atoms with Crippen molar-refractivity contribution in [1.82, 2.24) is 10.9 Å². The first-order valence-electron chi connectivity index (χ1n) is 7.22. The van der Waals surface area contributed by atoms with Gasteiger partial charge in [-0.05, 0) is 77.6 Å². The molecule has 4 nitrogen and oxygen atoms in total. The number of carbonyl (C=O) groups excluding carboxylic acids is 1. The normalized spacial score (nSPS) is 30.8. The first kappa shape index (κ1) is 12.5. The van der Waals surface area contributed by atoms with E-state index in [1.165, 1.54) is 43.4 Å². The summed E-state index contributed by atoms with van der Waals surface area (Å²) in [5.74, 6) is 2.51. The Morgan fingerprint density at radius 2 is 1.95 bits per heavy atom. The molecule has 0 aromatic carbocycles. The number of halogens is 1. The fourth-order valence-corrected chi connectivity index (χ4v) is 4.54. The molecule has 2 N–H and O–H groups in total. The molecule has 0 radical (unpaired) electrons. The second kappa shape index (κ2) is 4.65. The van der Waals surface area contributed by atoms with Crippen molar-refractivity contribution in [3.05, 3.63) is 33.8 Å². The lowest BCUT2D eigenvalue weighted by Gasteiger charge is -2.47. The van der Waals surface area contributed by atoms with E-state index in [1.807, 2.05) is 0 Å². The molecule has 1 aromatic heterocycles. The second-order valence-electron chi connectivity index (χ2n) is 6.24. The molecule has 0 spiro atoms. The second-order valence-corrected chi connectivity index (χ2v) is 7.03. The highest BCUT2D eigenvalue weighted by molar-refractivity contribution is 9.10. The Morgan fingerprint density at radius 1 is 1.20 bits per heavy atom. The van der Waals surface area contributed by atoms with Gasteiger partial charge in [0.1, 0.15) is 0 Å². The summed E-state index contributed by atoms with van der Waals surface area (Å²) in [7, 11) is 0. The van der Waals surface area contributed by atoms with Crippen molar-refractivity contribution in [3.8, 4) is 0 Å². The molecule has 0 aliphatic heterocycles. The van der Waals surface area contributed by atoms with Crippen LogP contribution in [-0.2, 0) is 0 Å². The standard InChI is InChI=1S/C15H17BrN2O2/c16-13-2-1-12(20-13)15(19)18-17-14-10-4-8-3-9(6-10)7-11(14)5-8/h1-2,8-10,17H,3-7H2,(H,18,19). The number of hydrazine groups is 1. The Bertz CT molecular complexity index is 576. The van der Waals surface area contributed by atoms with Gasteiger partial charge in [0, 0.05) is 11.6 Å². The predicted octanol–water partition coefficient (Wildman–Crippen LogP) is 3.37. The van der Waals surface area contributed by atoms with Crippen LogP contribution in [0, 0.1) is 17.8 Å². The van der Waals surface area contributed by atoms with Crippen LogP contribution in [0.1, 0.15) is 42.7 Å². The minimum Gasteiger partial charge on any atom is -0.444 e. The summed E-state index contributed by atoms with van der Waals surface area (Å²) in [4.78, 5) is 12.0. The van der Waals surface area contributed by atoms with Crippen molar-refractivity contribution >= 4 is 21.8 Å². The van der Waals surface area contributed by atoms with Gasteiger partial charge in [0.15, 0.2) is 10.4 Å². The zero-order chi connectivity index (χ0) is 13.7. The van der Waals surface area contributed by atoms with Crippen molar-refractivity contribution in [2.45, 2.75) is 32.1 Å². The van der Waals surface area contributed by atoms with E-state index in [0.29, 0.717) is 16.3 Å². The third-order valence-electron chi connectivity index (χ3n) is 4.87. The quantitative estimate of drug-likeness (QED) is 0.832. The van der Waals surface area contributed by atoms with Crippen LogP contribution in [0.3, 0.4) is 0 Å².